The summed E-state index contributed by atoms with van der Waals surface area (Å²) < 4.78 is 28.4. The summed E-state index contributed by atoms with van der Waals surface area (Å²) in [7, 11) is 0. The first-order chi connectivity index (χ1) is 10.2. The van der Waals surface area contributed by atoms with Gasteiger partial charge in [0.25, 0.3) is 0 Å². The number of hydrogen-bond acceptors (Lipinski definition) is 3. The Labute approximate surface area is 119 Å². The summed E-state index contributed by atoms with van der Waals surface area (Å²) in [5, 5.41) is 11.3. The smallest absolute Gasteiger partial charge is 0.387 e. The molecular weight excluding hydrogens is 276 g/mol. The molecule has 2 N–H and O–H groups in total. The zero-order valence-electron chi connectivity index (χ0n) is 11.0. The fraction of sp³-hybridized carbons (Fsp3) is 0.133. The fourth-order valence-electron chi connectivity index (χ4n) is 2.10. The van der Waals surface area contributed by atoms with Crippen LogP contribution >= 0.6 is 0 Å². The largest absolute Gasteiger partial charge is 0.435 e. The number of anilines is 1. The third kappa shape index (κ3) is 3.10. The second kappa shape index (κ2) is 5.78. The van der Waals surface area contributed by atoms with E-state index in [1.54, 1.807) is 18.3 Å². The van der Waals surface area contributed by atoms with Crippen LogP contribution in [0.15, 0.2) is 48.7 Å². The number of para-hydroxylation sites is 1. The molecule has 2 aromatic carbocycles. The highest BCUT2D eigenvalue weighted by atomic mass is 19.3. The molecule has 6 heteroatoms. The third-order valence-corrected chi connectivity index (χ3v) is 3.11. The lowest BCUT2D eigenvalue weighted by Crippen LogP contribution is -2.03. The second-order valence-corrected chi connectivity index (χ2v) is 4.52. The molecule has 3 aromatic rings. The minimum Gasteiger partial charge on any atom is -0.435 e. The van der Waals surface area contributed by atoms with Gasteiger partial charge in [-0.2, -0.15) is 13.9 Å². The fourth-order valence-corrected chi connectivity index (χ4v) is 2.10. The molecule has 0 atom stereocenters. The maximum Gasteiger partial charge on any atom is 0.387 e. The number of H-pyrrole nitrogens is 1. The molecule has 0 spiro atoms. The molecule has 0 saturated carbocycles. The van der Waals surface area contributed by atoms with Crippen LogP contribution in [-0.4, -0.2) is 16.8 Å². The van der Waals surface area contributed by atoms with Crippen LogP contribution in [0.4, 0.5) is 14.5 Å². The van der Waals surface area contributed by atoms with Gasteiger partial charge in [-0.05, 0) is 23.8 Å². The minimum atomic E-state index is -2.80. The predicted molar refractivity (Wildman–Crippen MR) is 76.5 cm³/mol. The summed E-state index contributed by atoms with van der Waals surface area (Å²) in [4.78, 5) is 0. The lowest BCUT2D eigenvalue weighted by atomic mass is 10.2. The van der Waals surface area contributed by atoms with Crippen molar-refractivity contribution in [3.05, 3.63) is 54.2 Å². The molecule has 21 heavy (non-hydrogen) atoms. The first-order valence-electron chi connectivity index (χ1n) is 6.42. The molecule has 1 aromatic heterocycles. The van der Waals surface area contributed by atoms with Gasteiger partial charge in [-0.15, -0.1) is 0 Å². The van der Waals surface area contributed by atoms with Gasteiger partial charge in [0.2, 0.25) is 0 Å². The maximum absolute atomic E-state index is 12.1. The van der Waals surface area contributed by atoms with E-state index in [0.29, 0.717) is 6.54 Å². The standard InChI is InChI=1S/C15H13F2N3O/c16-15(17)21-12-6-4-10(5-7-12)8-18-13-3-1-2-11-9-19-20-14(11)13/h1-7,9,15,18H,8H2,(H,19,20). The zero-order valence-corrected chi connectivity index (χ0v) is 11.0. The van der Waals surface area contributed by atoms with E-state index in [0.717, 1.165) is 22.2 Å². The summed E-state index contributed by atoms with van der Waals surface area (Å²) in [6.45, 7) is -2.22. The topological polar surface area (TPSA) is 49.9 Å². The van der Waals surface area contributed by atoms with E-state index in [4.69, 9.17) is 0 Å². The molecule has 0 bridgehead atoms. The molecule has 0 amide bonds. The van der Waals surface area contributed by atoms with Gasteiger partial charge < -0.3 is 10.1 Å². The van der Waals surface area contributed by atoms with Crippen molar-refractivity contribution < 1.29 is 13.5 Å². The Hall–Kier alpha value is -2.63. The van der Waals surface area contributed by atoms with Crippen LogP contribution in [0.25, 0.3) is 10.9 Å². The third-order valence-electron chi connectivity index (χ3n) is 3.11. The van der Waals surface area contributed by atoms with Crippen molar-refractivity contribution in [3.8, 4) is 5.75 Å². The normalized spacial score (nSPS) is 11.0. The summed E-state index contributed by atoms with van der Waals surface area (Å²) in [6, 6.07) is 12.4. The first kappa shape index (κ1) is 13.4. The van der Waals surface area contributed by atoms with Crippen molar-refractivity contribution in [1.82, 2.24) is 10.2 Å². The Kier molecular flexibility index (Phi) is 3.68. The first-order valence-corrected chi connectivity index (χ1v) is 6.42. The number of halogens is 2. The van der Waals surface area contributed by atoms with Gasteiger partial charge in [0.1, 0.15) is 5.75 Å². The highest BCUT2D eigenvalue weighted by Gasteiger charge is 2.05. The van der Waals surface area contributed by atoms with E-state index >= 15 is 0 Å². The van der Waals surface area contributed by atoms with E-state index in [1.165, 1.54) is 12.1 Å². The number of fused-ring (bicyclic) bond motifs is 1. The van der Waals surface area contributed by atoms with E-state index < -0.39 is 6.61 Å². The molecule has 108 valence electrons. The Morgan fingerprint density at radius 3 is 2.71 bits per heavy atom. The average molecular weight is 289 g/mol. The van der Waals surface area contributed by atoms with Gasteiger partial charge in [-0.3, -0.25) is 5.10 Å². The highest BCUT2D eigenvalue weighted by molar-refractivity contribution is 5.89. The molecule has 4 nitrogen and oxygen atoms in total. The van der Waals surface area contributed by atoms with Crippen LogP contribution in [0.3, 0.4) is 0 Å². The van der Waals surface area contributed by atoms with Gasteiger partial charge in [-0.25, -0.2) is 0 Å². The quantitative estimate of drug-likeness (QED) is 0.751. The summed E-state index contributed by atoms with van der Waals surface area (Å²) >= 11 is 0. The molecule has 0 fully saturated rings. The van der Waals surface area contributed by atoms with E-state index in [2.05, 4.69) is 20.3 Å². The second-order valence-electron chi connectivity index (χ2n) is 4.52. The van der Waals surface area contributed by atoms with Crippen LogP contribution in [0, 0.1) is 0 Å². The van der Waals surface area contributed by atoms with Gasteiger partial charge in [-0.1, -0.05) is 24.3 Å². The van der Waals surface area contributed by atoms with E-state index in [9.17, 15) is 8.78 Å². The summed E-state index contributed by atoms with van der Waals surface area (Å²) in [5.74, 6) is 0.157. The Morgan fingerprint density at radius 2 is 1.95 bits per heavy atom. The lowest BCUT2D eigenvalue weighted by molar-refractivity contribution is -0.0498. The number of ether oxygens (including phenoxy) is 1. The average Bonchev–Trinajstić information content (AvgIpc) is 2.95. The number of nitrogens with one attached hydrogen (secondary N) is 2. The monoisotopic (exact) mass is 289 g/mol. The van der Waals surface area contributed by atoms with Crippen molar-refractivity contribution in [2.24, 2.45) is 0 Å². The van der Waals surface area contributed by atoms with Gasteiger partial charge >= 0.3 is 6.61 Å². The van der Waals surface area contributed by atoms with Crippen LogP contribution in [0.5, 0.6) is 5.75 Å². The zero-order chi connectivity index (χ0) is 14.7. The number of hydrogen-bond donors (Lipinski definition) is 2. The summed E-state index contributed by atoms with van der Waals surface area (Å²) in [5.41, 5.74) is 2.85. The molecule has 0 aliphatic rings. The molecular formula is C15H13F2N3O. The maximum atomic E-state index is 12.1. The van der Waals surface area contributed by atoms with Crippen molar-refractivity contribution in [3.63, 3.8) is 0 Å². The SMILES string of the molecule is FC(F)Oc1ccc(CNc2cccc3cn[nH]c23)cc1. The van der Waals surface area contributed by atoms with Crippen molar-refractivity contribution >= 4 is 16.6 Å². The molecule has 0 unspecified atom stereocenters. The summed E-state index contributed by atoms with van der Waals surface area (Å²) in [6.07, 6.45) is 1.76. The number of benzene rings is 2. The minimum absolute atomic E-state index is 0.157. The van der Waals surface area contributed by atoms with Gasteiger partial charge in [0, 0.05) is 11.9 Å². The number of aromatic amines is 1. The Balaban J connectivity index is 1.68. The number of rotatable bonds is 5. The van der Waals surface area contributed by atoms with Crippen molar-refractivity contribution in [2.45, 2.75) is 13.2 Å². The number of aromatic nitrogens is 2. The van der Waals surface area contributed by atoms with E-state index in [1.807, 2.05) is 18.2 Å². The number of nitrogens with zero attached hydrogens (tertiary/aromatic N) is 1. The highest BCUT2D eigenvalue weighted by Crippen LogP contribution is 2.21. The van der Waals surface area contributed by atoms with Gasteiger partial charge in [0.05, 0.1) is 17.4 Å². The molecule has 0 aliphatic heterocycles. The molecule has 0 saturated heterocycles. The molecule has 0 radical (unpaired) electrons. The van der Waals surface area contributed by atoms with Gasteiger partial charge in [0.15, 0.2) is 0 Å². The number of alkyl halides is 2. The van der Waals surface area contributed by atoms with Crippen LogP contribution < -0.4 is 10.1 Å². The lowest BCUT2D eigenvalue weighted by Gasteiger charge is -2.09. The van der Waals surface area contributed by atoms with Crippen LogP contribution in [-0.2, 0) is 6.54 Å². The van der Waals surface area contributed by atoms with Crippen molar-refractivity contribution in [2.75, 3.05) is 5.32 Å². The van der Waals surface area contributed by atoms with E-state index in [-0.39, 0.29) is 5.75 Å². The molecule has 0 aliphatic carbocycles. The van der Waals surface area contributed by atoms with Crippen LogP contribution in [0.2, 0.25) is 0 Å². The Bertz CT molecular complexity index is 725. The molecule has 3 rings (SSSR count). The van der Waals surface area contributed by atoms with Crippen molar-refractivity contribution in [1.29, 1.82) is 0 Å². The Morgan fingerprint density at radius 1 is 1.14 bits per heavy atom. The predicted octanol–water partition coefficient (Wildman–Crippen LogP) is 3.78. The van der Waals surface area contributed by atoms with Crippen LogP contribution in [0.1, 0.15) is 5.56 Å². The molecule has 1 heterocycles.